The monoisotopic (exact) mass is 572 g/mol. The van der Waals surface area contributed by atoms with E-state index in [4.69, 9.17) is 19.3 Å². The van der Waals surface area contributed by atoms with E-state index in [1.807, 2.05) is 12.1 Å². The van der Waals surface area contributed by atoms with E-state index in [0.717, 1.165) is 18.4 Å². The number of benzene rings is 3. The fraction of sp³-hybridized carbons (Fsp3) is 0.265. The van der Waals surface area contributed by atoms with Gasteiger partial charge in [-0.25, -0.2) is 14.4 Å². The summed E-state index contributed by atoms with van der Waals surface area (Å²) in [5.41, 5.74) is 2.55. The number of esters is 3. The van der Waals surface area contributed by atoms with Crippen LogP contribution < -0.4 is 14.2 Å². The Balaban J connectivity index is 1.80. The topological polar surface area (TPSA) is 119 Å². The van der Waals surface area contributed by atoms with Crippen LogP contribution in [-0.2, 0) is 16.0 Å². The standard InChI is InChI=1S/C34H36O8/c1-4-5-6-7-8-9-25-10-12-27(13-11-25)34(39)42-31-20-28(16-19-30(31)41-33(38)24(3)22-36)26-14-17-29(18-15-26)40-32(37)23(2)21-35/h10-20,35-36H,2-9,21-22H2,1H3. The van der Waals surface area contributed by atoms with Gasteiger partial charge in [-0.3, -0.25) is 0 Å². The van der Waals surface area contributed by atoms with Crippen molar-refractivity contribution >= 4 is 17.9 Å². The third-order valence-corrected chi connectivity index (χ3v) is 6.46. The first kappa shape index (κ1) is 32.0. The molecule has 3 aromatic carbocycles. The van der Waals surface area contributed by atoms with E-state index in [0.29, 0.717) is 16.7 Å². The van der Waals surface area contributed by atoms with Crippen LogP contribution >= 0.6 is 0 Å². The predicted molar refractivity (Wildman–Crippen MR) is 159 cm³/mol. The molecule has 220 valence electrons. The van der Waals surface area contributed by atoms with Gasteiger partial charge in [-0.05, 0) is 65.9 Å². The minimum absolute atomic E-state index is 0.00802. The summed E-state index contributed by atoms with van der Waals surface area (Å²) in [5.74, 6) is -2.01. The molecule has 0 saturated carbocycles. The van der Waals surface area contributed by atoms with Crippen molar-refractivity contribution in [2.24, 2.45) is 0 Å². The molecular formula is C34H36O8. The number of aliphatic hydroxyl groups excluding tert-OH is 2. The van der Waals surface area contributed by atoms with E-state index in [1.165, 1.54) is 31.7 Å². The minimum Gasteiger partial charge on any atom is -0.423 e. The average molecular weight is 573 g/mol. The highest BCUT2D eigenvalue weighted by molar-refractivity contribution is 5.93. The predicted octanol–water partition coefficient (Wildman–Crippen LogP) is 5.99. The Labute approximate surface area is 245 Å². The van der Waals surface area contributed by atoms with Gasteiger partial charge in [0.1, 0.15) is 5.75 Å². The summed E-state index contributed by atoms with van der Waals surface area (Å²) in [7, 11) is 0. The number of unbranched alkanes of at least 4 members (excludes halogenated alkanes) is 4. The maximum Gasteiger partial charge on any atom is 0.343 e. The molecule has 0 radical (unpaired) electrons. The Hall–Kier alpha value is -4.53. The van der Waals surface area contributed by atoms with E-state index in [-0.39, 0.29) is 28.4 Å². The van der Waals surface area contributed by atoms with E-state index >= 15 is 0 Å². The number of carbonyl (C=O) groups excluding carboxylic acids is 3. The number of hydrogen-bond acceptors (Lipinski definition) is 8. The van der Waals surface area contributed by atoms with Crippen LogP contribution in [0.15, 0.2) is 91.0 Å². The Bertz CT molecular complexity index is 1400. The number of ether oxygens (including phenoxy) is 3. The Morgan fingerprint density at radius 1 is 0.667 bits per heavy atom. The second kappa shape index (κ2) is 16.0. The van der Waals surface area contributed by atoms with Gasteiger partial charge in [0.2, 0.25) is 0 Å². The average Bonchev–Trinajstić information content (AvgIpc) is 3.01. The van der Waals surface area contributed by atoms with Gasteiger partial charge in [0.15, 0.2) is 11.5 Å². The first-order valence-electron chi connectivity index (χ1n) is 13.8. The second-order valence-electron chi connectivity index (χ2n) is 9.74. The highest BCUT2D eigenvalue weighted by Gasteiger charge is 2.18. The largest absolute Gasteiger partial charge is 0.423 e. The van der Waals surface area contributed by atoms with Gasteiger partial charge in [-0.15, -0.1) is 0 Å². The van der Waals surface area contributed by atoms with Crippen molar-refractivity contribution in [3.05, 3.63) is 102 Å². The molecule has 3 rings (SSSR count). The summed E-state index contributed by atoms with van der Waals surface area (Å²) in [6.45, 7) is 8.00. The fourth-order valence-corrected chi connectivity index (χ4v) is 3.95. The van der Waals surface area contributed by atoms with Gasteiger partial charge in [0.05, 0.1) is 29.9 Å². The molecule has 2 N–H and O–H groups in total. The third-order valence-electron chi connectivity index (χ3n) is 6.46. The first-order valence-corrected chi connectivity index (χ1v) is 13.8. The van der Waals surface area contributed by atoms with Crippen molar-refractivity contribution in [1.29, 1.82) is 0 Å². The molecule has 0 fully saturated rings. The molecule has 42 heavy (non-hydrogen) atoms. The first-order chi connectivity index (χ1) is 20.2. The van der Waals surface area contributed by atoms with Crippen molar-refractivity contribution < 1.29 is 38.8 Å². The molecule has 3 aromatic rings. The Morgan fingerprint density at radius 3 is 1.88 bits per heavy atom. The molecular weight excluding hydrogens is 536 g/mol. The van der Waals surface area contributed by atoms with Crippen LogP contribution in [0.1, 0.15) is 54.9 Å². The zero-order valence-electron chi connectivity index (χ0n) is 23.8. The molecule has 0 aliphatic heterocycles. The smallest absolute Gasteiger partial charge is 0.343 e. The summed E-state index contributed by atoms with van der Waals surface area (Å²) in [5, 5.41) is 18.3. The number of rotatable bonds is 15. The summed E-state index contributed by atoms with van der Waals surface area (Å²) in [4.78, 5) is 37.2. The number of aryl methyl sites for hydroxylation is 1. The summed E-state index contributed by atoms with van der Waals surface area (Å²) >= 11 is 0. The highest BCUT2D eigenvalue weighted by atomic mass is 16.6. The molecule has 0 spiro atoms. The normalized spacial score (nSPS) is 10.5. The van der Waals surface area contributed by atoms with Crippen molar-refractivity contribution in [3.63, 3.8) is 0 Å². The van der Waals surface area contributed by atoms with Crippen LogP contribution in [0.5, 0.6) is 17.2 Å². The molecule has 0 saturated heterocycles. The van der Waals surface area contributed by atoms with Gasteiger partial charge < -0.3 is 24.4 Å². The Morgan fingerprint density at radius 2 is 1.26 bits per heavy atom. The third kappa shape index (κ3) is 9.26. The number of hydrogen-bond donors (Lipinski definition) is 2. The van der Waals surface area contributed by atoms with Crippen LogP contribution in [0.3, 0.4) is 0 Å². The summed E-state index contributed by atoms with van der Waals surface area (Å²) in [6, 6.07) is 18.4. The lowest BCUT2D eigenvalue weighted by Gasteiger charge is -2.13. The number of aliphatic hydroxyl groups is 2. The summed E-state index contributed by atoms with van der Waals surface area (Å²) < 4.78 is 16.2. The second-order valence-corrected chi connectivity index (χ2v) is 9.74. The molecule has 0 aliphatic carbocycles. The lowest BCUT2D eigenvalue weighted by atomic mass is 10.0. The highest BCUT2D eigenvalue weighted by Crippen LogP contribution is 2.34. The molecule has 8 heteroatoms. The lowest BCUT2D eigenvalue weighted by molar-refractivity contribution is -0.131. The van der Waals surface area contributed by atoms with Gasteiger partial charge in [-0.2, -0.15) is 0 Å². The van der Waals surface area contributed by atoms with Crippen LogP contribution in [-0.4, -0.2) is 41.3 Å². The molecule has 0 amide bonds. The van der Waals surface area contributed by atoms with Crippen LogP contribution in [0.2, 0.25) is 0 Å². The van der Waals surface area contributed by atoms with E-state index in [1.54, 1.807) is 48.5 Å². The fourth-order valence-electron chi connectivity index (χ4n) is 3.95. The van der Waals surface area contributed by atoms with E-state index in [2.05, 4.69) is 20.1 Å². The molecule has 0 aromatic heterocycles. The molecule has 0 unspecified atom stereocenters. The van der Waals surface area contributed by atoms with Crippen LogP contribution in [0, 0.1) is 0 Å². The quantitative estimate of drug-likeness (QED) is 0.0986. The van der Waals surface area contributed by atoms with Crippen LogP contribution in [0.4, 0.5) is 0 Å². The van der Waals surface area contributed by atoms with Gasteiger partial charge >= 0.3 is 17.9 Å². The van der Waals surface area contributed by atoms with Gasteiger partial charge in [-0.1, -0.05) is 76.1 Å². The Kier molecular flexibility index (Phi) is 12.2. The van der Waals surface area contributed by atoms with E-state index < -0.39 is 31.1 Å². The maximum atomic E-state index is 13.1. The number of carbonyl (C=O) groups is 3. The van der Waals surface area contributed by atoms with Gasteiger partial charge in [0.25, 0.3) is 0 Å². The molecule has 8 nitrogen and oxygen atoms in total. The molecule has 0 heterocycles. The van der Waals surface area contributed by atoms with Gasteiger partial charge in [0, 0.05) is 0 Å². The lowest BCUT2D eigenvalue weighted by Crippen LogP contribution is -2.15. The SMILES string of the molecule is C=C(CO)C(=O)Oc1ccc(-c2ccc(OC(=O)C(=C)CO)c(OC(=O)c3ccc(CCCCCCC)cc3)c2)cc1. The van der Waals surface area contributed by atoms with Crippen molar-refractivity contribution in [3.8, 4) is 28.4 Å². The van der Waals surface area contributed by atoms with Crippen molar-refractivity contribution in [1.82, 2.24) is 0 Å². The zero-order chi connectivity index (χ0) is 30.5. The molecule has 0 aliphatic rings. The molecule has 0 bridgehead atoms. The van der Waals surface area contributed by atoms with Crippen LogP contribution in [0.25, 0.3) is 11.1 Å². The summed E-state index contributed by atoms with van der Waals surface area (Å²) in [6.07, 6.45) is 6.85. The van der Waals surface area contributed by atoms with Crippen molar-refractivity contribution in [2.75, 3.05) is 13.2 Å². The van der Waals surface area contributed by atoms with Crippen molar-refractivity contribution in [2.45, 2.75) is 45.4 Å². The zero-order valence-corrected chi connectivity index (χ0v) is 23.8. The van der Waals surface area contributed by atoms with E-state index in [9.17, 15) is 19.5 Å². The minimum atomic E-state index is -0.860. The molecule has 0 atom stereocenters. The maximum absolute atomic E-state index is 13.1.